The fourth-order valence-electron chi connectivity index (χ4n) is 2.40. The van der Waals surface area contributed by atoms with Crippen LogP contribution in [0.2, 0.25) is 0 Å². The molecule has 0 saturated heterocycles. The third kappa shape index (κ3) is 3.12. The lowest BCUT2D eigenvalue weighted by Gasteiger charge is -2.20. The molecule has 0 heterocycles. The van der Waals surface area contributed by atoms with Crippen LogP contribution < -0.4 is 0 Å². The molecular weight excluding hydrogens is 272 g/mol. The van der Waals surface area contributed by atoms with E-state index in [-0.39, 0.29) is 16.6 Å². The first-order chi connectivity index (χ1) is 8.48. The van der Waals surface area contributed by atoms with E-state index in [9.17, 15) is 13.2 Å². The Kier molecular flexibility index (Phi) is 4.07. The molecule has 0 bridgehead atoms. The first kappa shape index (κ1) is 13.6. The Morgan fingerprint density at radius 1 is 1.17 bits per heavy atom. The van der Waals surface area contributed by atoms with Gasteiger partial charge in [-0.15, -0.1) is 0 Å². The van der Waals surface area contributed by atoms with Crippen molar-refractivity contribution in [3.8, 4) is 0 Å². The minimum atomic E-state index is -3.77. The van der Waals surface area contributed by atoms with Gasteiger partial charge in [-0.2, -0.15) is 0 Å². The predicted molar refractivity (Wildman–Crippen MR) is 70.4 cm³/mol. The summed E-state index contributed by atoms with van der Waals surface area (Å²) in [7, 11) is 1.51. The number of ketones is 1. The third-order valence-corrected chi connectivity index (χ3v) is 4.73. The number of carbonyl (C=O) groups is 1. The second-order valence-electron chi connectivity index (χ2n) is 4.66. The van der Waals surface area contributed by atoms with Crippen LogP contribution in [0.1, 0.15) is 42.5 Å². The quantitative estimate of drug-likeness (QED) is 0.632. The van der Waals surface area contributed by atoms with Crippen LogP contribution in [0, 0.1) is 5.92 Å². The number of benzene rings is 1. The van der Waals surface area contributed by atoms with Gasteiger partial charge in [0, 0.05) is 22.2 Å². The van der Waals surface area contributed by atoms with E-state index in [0.29, 0.717) is 5.56 Å². The summed E-state index contributed by atoms with van der Waals surface area (Å²) in [5, 5.41) is 0. The minimum absolute atomic E-state index is 0.00849. The maximum atomic E-state index is 12.2. The summed E-state index contributed by atoms with van der Waals surface area (Å²) < 4.78 is 22.5. The lowest BCUT2D eigenvalue weighted by molar-refractivity contribution is 0.0889. The van der Waals surface area contributed by atoms with Gasteiger partial charge in [0.05, 0.1) is 4.90 Å². The number of hydrogen-bond donors (Lipinski definition) is 0. The van der Waals surface area contributed by atoms with Crippen molar-refractivity contribution >= 4 is 25.5 Å². The lowest BCUT2D eigenvalue weighted by Crippen LogP contribution is -2.18. The highest BCUT2D eigenvalue weighted by Crippen LogP contribution is 2.27. The standard InChI is InChI=1S/C13H15ClO3S/c14-18(16,17)12-8-4-7-11(9-12)13(15)10-5-2-1-3-6-10/h4,7-10H,1-3,5-6H2. The van der Waals surface area contributed by atoms with Gasteiger partial charge in [0.2, 0.25) is 0 Å². The predicted octanol–water partition coefficient (Wildman–Crippen LogP) is 3.38. The van der Waals surface area contributed by atoms with E-state index in [0.717, 1.165) is 25.7 Å². The molecule has 5 heteroatoms. The highest BCUT2D eigenvalue weighted by Gasteiger charge is 2.23. The summed E-state index contributed by atoms with van der Waals surface area (Å²) in [5.74, 6) is 0.0731. The van der Waals surface area contributed by atoms with Gasteiger partial charge < -0.3 is 0 Å². The van der Waals surface area contributed by atoms with Crippen LogP contribution >= 0.6 is 10.7 Å². The molecule has 0 amide bonds. The Hall–Kier alpha value is -0.870. The molecule has 1 aliphatic carbocycles. The molecule has 0 spiro atoms. The SMILES string of the molecule is O=C(c1cccc(S(=O)(=O)Cl)c1)C1CCCCC1. The van der Waals surface area contributed by atoms with E-state index in [4.69, 9.17) is 10.7 Å². The number of halogens is 1. The molecular formula is C13H15ClO3S. The zero-order chi connectivity index (χ0) is 13.2. The van der Waals surface area contributed by atoms with Crippen molar-refractivity contribution in [2.45, 2.75) is 37.0 Å². The molecule has 0 aromatic heterocycles. The first-order valence-corrected chi connectivity index (χ1v) is 8.38. The molecule has 0 radical (unpaired) electrons. The van der Waals surface area contributed by atoms with Gasteiger partial charge >= 0.3 is 0 Å². The molecule has 0 atom stereocenters. The van der Waals surface area contributed by atoms with Crippen molar-refractivity contribution in [1.82, 2.24) is 0 Å². The summed E-state index contributed by atoms with van der Waals surface area (Å²) in [6.07, 6.45) is 5.13. The Morgan fingerprint density at radius 2 is 1.83 bits per heavy atom. The van der Waals surface area contributed by atoms with Crippen LogP contribution in [0.5, 0.6) is 0 Å². The zero-order valence-electron chi connectivity index (χ0n) is 9.93. The number of carbonyl (C=O) groups excluding carboxylic acids is 1. The van der Waals surface area contributed by atoms with Crippen molar-refractivity contribution in [3.05, 3.63) is 29.8 Å². The fraction of sp³-hybridized carbons (Fsp3) is 0.462. The normalized spacial score (nSPS) is 17.6. The van der Waals surface area contributed by atoms with E-state index in [1.165, 1.54) is 18.6 Å². The Morgan fingerprint density at radius 3 is 2.44 bits per heavy atom. The van der Waals surface area contributed by atoms with Crippen LogP contribution in [0.25, 0.3) is 0 Å². The first-order valence-electron chi connectivity index (χ1n) is 6.07. The van der Waals surface area contributed by atoms with Crippen LogP contribution in [0.3, 0.4) is 0 Å². The number of Topliss-reactive ketones (excluding diaryl/α,β-unsaturated/α-hetero) is 1. The molecule has 0 N–H and O–H groups in total. The molecule has 3 nitrogen and oxygen atoms in total. The van der Waals surface area contributed by atoms with E-state index < -0.39 is 9.05 Å². The molecule has 1 fully saturated rings. The van der Waals surface area contributed by atoms with Crippen LogP contribution in [0.4, 0.5) is 0 Å². The van der Waals surface area contributed by atoms with Gasteiger partial charge in [0.25, 0.3) is 9.05 Å². The second-order valence-corrected chi connectivity index (χ2v) is 7.23. The molecule has 18 heavy (non-hydrogen) atoms. The molecule has 1 aliphatic rings. The summed E-state index contributed by atoms with van der Waals surface area (Å²) in [6, 6.07) is 5.99. The van der Waals surface area contributed by atoms with E-state index >= 15 is 0 Å². The third-order valence-electron chi connectivity index (χ3n) is 3.38. The Labute approximate surface area is 112 Å². The maximum Gasteiger partial charge on any atom is 0.261 e. The van der Waals surface area contributed by atoms with Gasteiger partial charge in [-0.3, -0.25) is 4.79 Å². The van der Waals surface area contributed by atoms with E-state index in [2.05, 4.69) is 0 Å². The van der Waals surface area contributed by atoms with Crippen molar-refractivity contribution in [2.24, 2.45) is 5.92 Å². The van der Waals surface area contributed by atoms with Gasteiger partial charge in [-0.1, -0.05) is 31.4 Å². The highest BCUT2D eigenvalue weighted by molar-refractivity contribution is 8.13. The van der Waals surface area contributed by atoms with Crippen LogP contribution in [-0.2, 0) is 9.05 Å². The van der Waals surface area contributed by atoms with E-state index in [1.807, 2.05) is 0 Å². The summed E-state index contributed by atoms with van der Waals surface area (Å²) in [4.78, 5) is 12.2. The summed E-state index contributed by atoms with van der Waals surface area (Å²) >= 11 is 0. The molecule has 0 unspecified atom stereocenters. The summed E-state index contributed by atoms with van der Waals surface area (Å²) in [5.41, 5.74) is 0.448. The van der Waals surface area contributed by atoms with E-state index in [1.54, 1.807) is 12.1 Å². The molecule has 1 saturated carbocycles. The molecule has 1 aromatic carbocycles. The number of rotatable bonds is 3. The van der Waals surface area contributed by atoms with Crippen molar-refractivity contribution in [1.29, 1.82) is 0 Å². The van der Waals surface area contributed by atoms with Crippen molar-refractivity contribution in [3.63, 3.8) is 0 Å². The molecule has 0 aliphatic heterocycles. The highest BCUT2D eigenvalue weighted by atomic mass is 35.7. The van der Waals surface area contributed by atoms with Gasteiger partial charge in [-0.25, -0.2) is 8.42 Å². The molecule has 1 aromatic rings. The molecule has 98 valence electrons. The van der Waals surface area contributed by atoms with Gasteiger partial charge in [0.1, 0.15) is 0 Å². The average molecular weight is 287 g/mol. The van der Waals surface area contributed by atoms with Crippen molar-refractivity contribution < 1.29 is 13.2 Å². The monoisotopic (exact) mass is 286 g/mol. The zero-order valence-corrected chi connectivity index (χ0v) is 11.5. The van der Waals surface area contributed by atoms with Crippen LogP contribution in [0.15, 0.2) is 29.2 Å². The topological polar surface area (TPSA) is 51.2 Å². The van der Waals surface area contributed by atoms with Gasteiger partial charge in [-0.05, 0) is 25.0 Å². The Bertz CT molecular complexity index is 545. The smallest absolute Gasteiger partial charge is 0.261 e. The molecule has 2 rings (SSSR count). The lowest BCUT2D eigenvalue weighted by atomic mass is 9.84. The second kappa shape index (κ2) is 5.41. The Balaban J connectivity index is 2.25. The maximum absolute atomic E-state index is 12.2. The summed E-state index contributed by atoms with van der Waals surface area (Å²) in [6.45, 7) is 0. The average Bonchev–Trinajstić information content (AvgIpc) is 2.38. The van der Waals surface area contributed by atoms with Crippen molar-refractivity contribution in [2.75, 3.05) is 0 Å². The van der Waals surface area contributed by atoms with Crippen LogP contribution in [-0.4, -0.2) is 14.2 Å². The number of hydrogen-bond acceptors (Lipinski definition) is 3. The largest absolute Gasteiger partial charge is 0.294 e. The van der Waals surface area contributed by atoms with Gasteiger partial charge in [0.15, 0.2) is 5.78 Å². The fourth-order valence-corrected chi connectivity index (χ4v) is 3.20. The minimum Gasteiger partial charge on any atom is -0.294 e.